The summed E-state index contributed by atoms with van der Waals surface area (Å²) in [6.07, 6.45) is -10.2. The molecule has 2 rings (SSSR count). The average molecular weight is 470 g/mol. The number of rotatable bonds is 5. The molecule has 2 aromatic rings. The largest absolute Gasteiger partial charge is 0.466 e. The van der Waals surface area contributed by atoms with E-state index in [4.69, 9.17) is 11.6 Å². The molecular formula is C18H14ClF6N3O3. The zero-order chi connectivity index (χ0) is 23.6. The van der Waals surface area contributed by atoms with E-state index in [2.05, 4.69) is 9.72 Å². The normalized spacial score (nSPS) is 13.8. The molecule has 1 aromatic heterocycles. The number of amides is 1. The number of benzene rings is 1. The molecule has 1 heterocycles. The van der Waals surface area contributed by atoms with Crippen molar-refractivity contribution in [1.82, 2.24) is 10.3 Å². The van der Waals surface area contributed by atoms with Crippen LogP contribution in [0.4, 0.5) is 32.2 Å². The molecule has 0 bridgehead atoms. The highest BCUT2D eigenvalue weighted by molar-refractivity contribution is 6.30. The molecule has 0 aliphatic rings. The number of halogens is 7. The second-order valence-corrected chi connectivity index (χ2v) is 6.62. The number of pyridine rings is 1. The molecule has 31 heavy (non-hydrogen) atoms. The Morgan fingerprint density at radius 3 is 2.23 bits per heavy atom. The first-order valence-electron chi connectivity index (χ1n) is 8.27. The molecule has 13 heteroatoms. The van der Waals surface area contributed by atoms with Gasteiger partial charge in [-0.05, 0) is 24.6 Å². The Balaban J connectivity index is 2.66. The standard InChI is InChI=1S/C18H14ClF6N3O3/c1-9-5-3-4-6-11(9)14(29)28-16(15(30)31-2,18(23,24)25)27-13-12(17(20,21)22)7-10(19)8-26-13/h3-8H,1-2H3,(H,26,27)(H,28,29)/t16-/m1/s1. The van der Waals surface area contributed by atoms with Crippen molar-refractivity contribution in [2.24, 2.45) is 0 Å². The molecule has 6 nitrogen and oxygen atoms in total. The van der Waals surface area contributed by atoms with Gasteiger partial charge in [-0.3, -0.25) is 4.79 Å². The van der Waals surface area contributed by atoms with Crippen molar-refractivity contribution >= 4 is 29.3 Å². The molecular weight excluding hydrogens is 456 g/mol. The molecule has 1 atom stereocenters. The first kappa shape index (κ1) is 24.3. The van der Waals surface area contributed by atoms with Gasteiger partial charge in [-0.1, -0.05) is 29.8 Å². The molecule has 0 aliphatic heterocycles. The maximum atomic E-state index is 14.1. The van der Waals surface area contributed by atoms with E-state index >= 15 is 0 Å². The predicted octanol–water partition coefficient (Wildman–Crippen LogP) is 4.34. The number of aryl methyl sites for hydroxylation is 1. The summed E-state index contributed by atoms with van der Waals surface area (Å²) in [6, 6.07) is 5.77. The third kappa shape index (κ3) is 5.01. The minimum absolute atomic E-state index is 0.248. The van der Waals surface area contributed by atoms with Crippen LogP contribution in [-0.4, -0.2) is 35.8 Å². The van der Waals surface area contributed by atoms with Gasteiger partial charge in [0, 0.05) is 11.8 Å². The first-order valence-corrected chi connectivity index (χ1v) is 8.65. The van der Waals surface area contributed by atoms with Crippen molar-refractivity contribution in [1.29, 1.82) is 0 Å². The lowest BCUT2D eigenvalue weighted by Gasteiger charge is -2.35. The fourth-order valence-corrected chi connectivity index (χ4v) is 2.70. The van der Waals surface area contributed by atoms with E-state index in [1.165, 1.54) is 41.8 Å². The third-order valence-corrected chi connectivity index (χ3v) is 4.28. The summed E-state index contributed by atoms with van der Waals surface area (Å²) in [5, 5.41) is 2.30. The average Bonchev–Trinajstić information content (AvgIpc) is 2.66. The van der Waals surface area contributed by atoms with E-state index in [1.807, 2.05) is 0 Å². The van der Waals surface area contributed by atoms with E-state index in [9.17, 15) is 35.9 Å². The van der Waals surface area contributed by atoms with Crippen LogP contribution in [0.5, 0.6) is 0 Å². The molecule has 0 unspecified atom stereocenters. The summed E-state index contributed by atoms with van der Waals surface area (Å²) in [4.78, 5) is 28.0. The van der Waals surface area contributed by atoms with Gasteiger partial charge in [0.2, 0.25) is 0 Å². The lowest BCUT2D eigenvalue weighted by atomic mass is 10.0. The van der Waals surface area contributed by atoms with E-state index in [1.54, 1.807) is 0 Å². The van der Waals surface area contributed by atoms with Crippen LogP contribution >= 0.6 is 11.6 Å². The van der Waals surface area contributed by atoms with Crippen molar-refractivity contribution in [3.05, 3.63) is 58.2 Å². The maximum absolute atomic E-state index is 14.1. The Kier molecular flexibility index (Phi) is 6.74. The number of hydrogen-bond acceptors (Lipinski definition) is 5. The number of anilines is 1. The lowest BCUT2D eigenvalue weighted by Crippen LogP contribution is -2.69. The van der Waals surface area contributed by atoms with Gasteiger partial charge in [0.1, 0.15) is 5.82 Å². The number of ether oxygens (including phenoxy) is 1. The first-order chi connectivity index (χ1) is 14.2. The molecule has 0 aliphatic carbocycles. The monoisotopic (exact) mass is 469 g/mol. The molecule has 0 spiro atoms. The van der Waals surface area contributed by atoms with Crippen LogP contribution in [0.15, 0.2) is 36.5 Å². The zero-order valence-electron chi connectivity index (χ0n) is 15.8. The van der Waals surface area contributed by atoms with Crippen LogP contribution in [0.25, 0.3) is 0 Å². The van der Waals surface area contributed by atoms with Gasteiger partial charge >= 0.3 is 24.0 Å². The lowest BCUT2D eigenvalue weighted by molar-refractivity contribution is -0.203. The molecule has 0 saturated heterocycles. The number of carbonyl (C=O) groups is 2. The minimum Gasteiger partial charge on any atom is -0.466 e. The summed E-state index contributed by atoms with van der Waals surface area (Å²) < 4.78 is 86.4. The quantitative estimate of drug-likeness (QED) is 0.387. The minimum atomic E-state index is -5.65. The molecule has 1 aromatic carbocycles. The fraction of sp³-hybridized carbons (Fsp3) is 0.278. The van der Waals surface area contributed by atoms with E-state index in [-0.39, 0.29) is 11.1 Å². The Bertz CT molecular complexity index is 996. The van der Waals surface area contributed by atoms with Crippen molar-refractivity contribution < 1.29 is 40.7 Å². The number of carbonyl (C=O) groups excluding carboxylic acids is 2. The zero-order valence-corrected chi connectivity index (χ0v) is 16.5. The van der Waals surface area contributed by atoms with Gasteiger partial charge in [0.25, 0.3) is 5.91 Å². The van der Waals surface area contributed by atoms with Gasteiger partial charge in [-0.15, -0.1) is 0 Å². The molecule has 1 amide bonds. The van der Waals surface area contributed by atoms with Crippen LogP contribution in [0.2, 0.25) is 5.02 Å². The van der Waals surface area contributed by atoms with E-state index in [0.717, 1.165) is 0 Å². The summed E-state index contributed by atoms with van der Waals surface area (Å²) >= 11 is 5.48. The SMILES string of the molecule is COC(=O)[C@](NC(=O)c1ccccc1C)(Nc1ncc(Cl)cc1C(F)(F)F)C(F)(F)F. The molecule has 2 N–H and O–H groups in total. The number of nitrogens with zero attached hydrogens (tertiary/aromatic N) is 1. The van der Waals surface area contributed by atoms with E-state index in [0.29, 0.717) is 19.4 Å². The summed E-state index contributed by atoms with van der Waals surface area (Å²) in [5.41, 5.74) is -5.78. The van der Waals surface area contributed by atoms with Crippen LogP contribution < -0.4 is 10.6 Å². The Morgan fingerprint density at radius 2 is 1.71 bits per heavy atom. The van der Waals surface area contributed by atoms with Gasteiger partial charge in [-0.2, -0.15) is 26.3 Å². The molecule has 0 fully saturated rings. The third-order valence-electron chi connectivity index (χ3n) is 4.07. The van der Waals surface area contributed by atoms with Gasteiger partial charge in [0.05, 0.1) is 17.7 Å². The Labute approximate surface area is 176 Å². The van der Waals surface area contributed by atoms with Crippen molar-refractivity contribution in [2.45, 2.75) is 24.9 Å². The number of aromatic nitrogens is 1. The smallest absolute Gasteiger partial charge is 0.441 e. The fourth-order valence-electron chi connectivity index (χ4n) is 2.54. The molecule has 0 radical (unpaired) electrons. The second-order valence-electron chi connectivity index (χ2n) is 6.18. The van der Waals surface area contributed by atoms with Crippen LogP contribution in [-0.2, 0) is 15.7 Å². The van der Waals surface area contributed by atoms with Crippen LogP contribution in [0.1, 0.15) is 21.5 Å². The summed E-state index contributed by atoms with van der Waals surface area (Å²) in [6.45, 7) is 1.41. The highest BCUT2D eigenvalue weighted by atomic mass is 35.5. The van der Waals surface area contributed by atoms with Gasteiger partial charge in [0.15, 0.2) is 0 Å². The number of alkyl halides is 6. The Hall–Kier alpha value is -3.02. The maximum Gasteiger partial charge on any atom is 0.441 e. The Morgan fingerprint density at radius 1 is 1.10 bits per heavy atom. The number of hydrogen-bond donors (Lipinski definition) is 2. The topological polar surface area (TPSA) is 80.3 Å². The number of esters is 1. The number of nitrogens with one attached hydrogen (secondary N) is 2. The van der Waals surface area contributed by atoms with E-state index < -0.39 is 46.3 Å². The number of methoxy groups -OCH3 is 1. The van der Waals surface area contributed by atoms with Crippen molar-refractivity contribution in [2.75, 3.05) is 12.4 Å². The van der Waals surface area contributed by atoms with Crippen LogP contribution in [0.3, 0.4) is 0 Å². The van der Waals surface area contributed by atoms with Gasteiger partial charge < -0.3 is 15.4 Å². The summed E-state index contributed by atoms with van der Waals surface area (Å²) in [5.74, 6) is -4.91. The second kappa shape index (κ2) is 8.61. The predicted molar refractivity (Wildman–Crippen MR) is 97.3 cm³/mol. The van der Waals surface area contributed by atoms with Gasteiger partial charge in [-0.25, -0.2) is 9.78 Å². The van der Waals surface area contributed by atoms with Crippen LogP contribution in [0, 0.1) is 6.92 Å². The van der Waals surface area contributed by atoms with Crippen molar-refractivity contribution in [3.8, 4) is 0 Å². The molecule has 0 saturated carbocycles. The van der Waals surface area contributed by atoms with Crippen molar-refractivity contribution in [3.63, 3.8) is 0 Å². The molecule has 168 valence electrons. The highest BCUT2D eigenvalue weighted by Crippen LogP contribution is 2.39. The summed E-state index contributed by atoms with van der Waals surface area (Å²) in [7, 11) is 0.574. The highest BCUT2D eigenvalue weighted by Gasteiger charge is 2.64.